The monoisotopic (exact) mass is 405 g/mol. The fraction of sp³-hybridized carbons (Fsp3) is 0.368. The lowest BCUT2D eigenvalue weighted by atomic mass is 9.65. The molecule has 2 heterocycles. The van der Waals surface area contributed by atoms with Crippen LogP contribution >= 0.6 is 0 Å². The molecule has 1 amide bonds. The van der Waals surface area contributed by atoms with E-state index >= 15 is 0 Å². The number of fused-ring (bicyclic) bond motifs is 2. The van der Waals surface area contributed by atoms with Gasteiger partial charge in [-0.2, -0.15) is 0 Å². The summed E-state index contributed by atoms with van der Waals surface area (Å²) in [5, 5.41) is 2.56. The molecule has 1 aromatic heterocycles. The predicted molar refractivity (Wildman–Crippen MR) is 99.0 cm³/mol. The average molecular weight is 405 g/mol. The number of anilines is 1. The van der Waals surface area contributed by atoms with Gasteiger partial charge in [0.25, 0.3) is 5.91 Å². The van der Waals surface area contributed by atoms with Crippen LogP contribution in [0.4, 0.5) is 18.9 Å². The number of nitrogens with zero attached hydrogens (tertiary/aromatic N) is 3. The Bertz CT molecular complexity index is 1010. The molecule has 1 aliphatic carbocycles. The molecule has 0 radical (unpaired) electrons. The largest absolute Gasteiger partial charge is 0.480 e. The van der Waals surface area contributed by atoms with Crippen LogP contribution in [-0.4, -0.2) is 41.2 Å². The lowest BCUT2D eigenvalue weighted by molar-refractivity contribution is 0.102. The number of amides is 1. The van der Waals surface area contributed by atoms with Gasteiger partial charge in [0.1, 0.15) is 24.0 Å². The summed E-state index contributed by atoms with van der Waals surface area (Å²) in [6.45, 7) is -1.25. The molecular formula is C19H18F3N5O2. The van der Waals surface area contributed by atoms with Crippen LogP contribution in [0, 0.1) is 5.82 Å². The number of ether oxygens (including phenoxy) is 1. The minimum atomic E-state index is -2.28. The molecule has 2 aliphatic rings. The van der Waals surface area contributed by atoms with Crippen LogP contribution in [0.1, 0.15) is 34.5 Å². The molecule has 1 aliphatic heterocycles. The number of carbonyl (C=O) groups is 1. The first-order valence-corrected chi connectivity index (χ1v) is 8.91. The summed E-state index contributed by atoms with van der Waals surface area (Å²) < 4.78 is 46.7. The van der Waals surface area contributed by atoms with E-state index in [-0.39, 0.29) is 36.5 Å². The Balaban J connectivity index is 1.61. The van der Waals surface area contributed by atoms with Crippen molar-refractivity contribution in [2.75, 3.05) is 19.1 Å². The number of aliphatic imine (C=N–C) groups is 1. The molecule has 3 N–H and O–H groups in total. The zero-order valence-corrected chi connectivity index (χ0v) is 15.5. The van der Waals surface area contributed by atoms with Gasteiger partial charge in [-0.05, 0) is 36.1 Å². The van der Waals surface area contributed by atoms with E-state index in [2.05, 4.69) is 20.3 Å². The fourth-order valence-corrected chi connectivity index (χ4v) is 3.70. The number of benzene rings is 1. The van der Waals surface area contributed by atoms with E-state index in [1.54, 1.807) is 6.07 Å². The summed E-state index contributed by atoms with van der Waals surface area (Å²) in [6, 6.07) is 2.77. The molecule has 2 aromatic rings. The number of rotatable bonds is 4. The van der Waals surface area contributed by atoms with Gasteiger partial charge in [0.05, 0.1) is 25.0 Å². The van der Waals surface area contributed by atoms with E-state index in [1.165, 1.54) is 25.6 Å². The van der Waals surface area contributed by atoms with Crippen LogP contribution in [0.5, 0.6) is 5.88 Å². The Morgan fingerprint density at radius 1 is 1.31 bits per heavy atom. The van der Waals surface area contributed by atoms with Crippen LogP contribution in [0.15, 0.2) is 29.5 Å². The zero-order valence-electron chi connectivity index (χ0n) is 15.5. The molecule has 0 saturated heterocycles. The van der Waals surface area contributed by atoms with E-state index in [4.69, 9.17) is 10.5 Å². The number of hydrogen-bond donors (Lipinski definition) is 2. The molecule has 29 heavy (non-hydrogen) atoms. The molecule has 1 spiro atoms. The minimum absolute atomic E-state index is 0.0219. The standard InChI is InChI=1S/C19H18F3N5O2/c1-29-15-8-24-14(7-25-15)16(28)26-10-4-12-11(13(21)5-10)6-19(12)3-2-18(22,9-20)17(23)27-19/h4-5,7-8H,2-3,6,9H2,1H3,(H2,23,27)(H,26,28)/t18-,19+/m0/s1. The molecular weight excluding hydrogens is 387 g/mol. The van der Waals surface area contributed by atoms with Crippen molar-refractivity contribution in [2.24, 2.45) is 10.7 Å². The van der Waals surface area contributed by atoms with Crippen LogP contribution < -0.4 is 15.8 Å². The summed E-state index contributed by atoms with van der Waals surface area (Å²) in [5.74, 6) is -1.26. The van der Waals surface area contributed by atoms with Crippen LogP contribution in [0.2, 0.25) is 0 Å². The minimum Gasteiger partial charge on any atom is -0.480 e. The number of methoxy groups -OCH3 is 1. The second-order valence-corrected chi connectivity index (χ2v) is 7.19. The zero-order chi connectivity index (χ0) is 20.8. The van der Waals surface area contributed by atoms with Gasteiger partial charge in [-0.1, -0.05) is 0 Å². The third kappa shape index (κ3) is 3.08. The molecule has 10 heteroatoms. The molecule has 4 rings (SSSR count). The first-order chi connectivity index (χ1) is 13.8. The molecule has 0 bridgehead atoms. The van der Waals surface area contributed by atoms with E-state index in [0.29, 0.717) is 11.1 Å². The number of amidine groups is 1. The number of halogens is 3. The van der Waals surface area contributed by atoms with Crippen molar-refractivity contribution < 1.29 is 22.7 Å². The summed E-state index contributed by atoms with van der Waals surface area (Å²) in [6.07, 6.45) is 2.82. The van der Waals surface area contributed by atoms with E-state index in [1.807, 2.05) is 0 Å². The van der Waals surface area contributed by atoms with Crippen molar-refractivity contribution in [3.8, 4) is 5.88 Å². The highest BCUT2D eigenvalue weighted by Crippen LogP contribution is 2.51. The topological polar surface area (TPSA) is 102 Å². The van der Waals surface area contributed by atoms with Gasteiger partial charge in [-0.25, -0.2) is 23.1 Å². The molecule has 0 saturated carbocycles. The van der Waals surface area contributed by atoms with E-state index in [0.717, 1.165) is 0 Å². The number of nitrogens with one attached hydrogen (secondary N) is 1. The highest BCUT2D eigenvalue weighted by Gasteiger charge is 2.51. The van der Waals surface area contributed by atoms with Gasteiger partial charge in [0, 0.05) is 12.1 Å². The van der Waals surface area contributed by atoms with Gasteiger partial charge < -0.3 is 15.8 Å². The summed E-state index contributed by atoms with van der Waals surface area (Å²) >= 11 is 0. The summed E-state index contributed by atoms with van der Waals surface area (Å²) in [7, 11) is 1.42. The highest BCUT2D eigenvalue weighted by molar-refractivity contribution is 6.02. The number of carbonyl (C=O) groups excluding carboxylic acids is 1. The Labute approximate surface area is 164 Å². The third-order valence-electron chi connectivity index (χ3n) is 5.43. The Morgan fingerprint density at radius 3 is 2.72 bits per heavy atom. The van der Waals surface area contributed by atoms with E-state index < -0.39 is 35.4 Å². The van der Waals surface area contributed by atoms with Crippen molar-refractivity contribution in [1.82, 2.24) is 9.97 Å². The van der Waals surface area contributed by atoms with Gasteiger partial charge in [-0.3, -0.25) is 9.79 Å². The predicted octanol–water partition coefficient (Wildman–Crippen LogP) is 2.46. The summed E-state index contributed by atoms with van der Waals surface area (Å²) in [5.41, 5.74) is 3.65. The Hall–Kier alpha value is -3.17. The maximum absolute atomic E-state index is 14.5. The molecule has 1 aromatic carbocycles. The molecule has 7 nitrogen and oxygen atoms in total. The third-order valence-corrected chi connectivity index (χ3v) is 5.43. The molecule has 2 atom stereocenters. The number of aromatic nitrogens is 2. The molecule has 0 unspecified atom stereocenters. The maximum atomic E-state index is 14.5. The molecule has 0 fully saturated rings. The van der Waals surface area contributed by atoms with Gasteiger partial charge in [0.15, 0.2) is 5.67 Å². The first kappa shape index (κ1) is 19.2. The smallest absolute Gasteiger partial charge is 0.275 e. The van der Waals surface area contributed by atoms with Gasteiger partial charge in [0.2, 0.25) is 5.88 Å². The second kappa shape index (κ2) is 6.71. The Morgan fingerprint density at radius 2 is 2.10 bits per heavy atom. The normalized spacial score (nSPS) is 25.0. The van der Waals surface area contributed by atoms with Crippen LogP contribution in [-0.2, 0) is 12.0 Å². The lowest BCUT2D eigenvalue weighted by Crippen LogP contribution is -2.52. The van der Waals surface area contributed by atoms with Crippen molar-refractivity contribution in [2.45, 2.75) is 30.5 Å². The van der Waals surface area contributed by atoms with Crippen molar-refractivity contribution in [1.29, 1.82) is 0 Å². The SMILES string of the molecule is COc1cnc(C(=O)Nc2cc(F)c3c(c2)[C@@]2(CC[C@](F)(CF)C(N)=N2)C3)cn1. The average Bonchev–Trinajstić information content (AvgIpc) is 2.71. The Kier molecular flexibility index (Phi) is 4.44. The van der Waals surface area contributed by atoms with Crippen LogP contribution in [0.25, 0.3) is 0 Å². The highest BCUT2D eigenvalue weighted by atomic mass is 19.2. The lowest BCUT2D eigenvalue weighted by Gasteiger charge is -2.46. The quantitative estimate of drug-likeness (QED) is 0.814. The summed E-state index contributed by atoms with van der Waals surface area (Å²) in [4.78, 5) is 24.4. The number of alkyl halides is 2. The second-order valence-electron chi connectivity index (χ2n) is 7.19. The van der Waals surface area contributed by atoms with Crippen molar-refractivity contribution >= 4 is 17.4 Å². The van der Waals surface area contributed by atoms with E-state index in [9.17, 15) is 18.0 Å². The number of nitrogens with two attached hydrogens (primary N) is 1. The van der Waals surface area contributed by atoms with Crippen molar-refractivity contribution in [3.63, 3.8) is 0 Å². The van der Waals surface area contributed by atoms with Crippen molar-refractivity contribution in [3.05, 3.63) is 47.2 Å². The van der Waals surface area contributed by atoms with Gasteiger partial charge in [-0.15, -0.1) is 0 Å². The fourth-order valence-electron chi connectivity index (χ4n) is 3.70. The van der Waals surface area contributed by atoms with Crippen LogP contribution in [0.3, 0.4) is 0 Å². The van der Waals surface area contributed by atoms with Gasteiger partial charge >= 0.3 is 0 Å². The number of hydrogen-bond acceptors (Lipinski definition) is 6. The maximum Gasteiger partial charge on any atom is 0.275 e. The molecule has 152 valence electrons. The first-order valence-electron chi connectivity index (χ1n) is 8.91.